The standard InChI is InChI=1S/C33H45N7O9/c1-2-48-33(47)38-16-14-37(15-17-38)32(46)26(18-24(42)20-41)35-30(44)25-19-29(40(36-25)23-10-4-3-5-11-23)49-21-28(43)39-13-7-12-27(39)31(45)34-22-8-6-9-22/h3-5,10-11,19,22,24,26-27,41-42H,2,6-9,12-18,20-21H2,1H3,(H,34,45)(H,35,44)/t24?,26-,27-/m0/s1. The molecule has 3 fully saturated rings. The van der Waals surface area contributed by atoms with Gasteiger partial charge < -0.3 is 45.0 Å². The molecule has 0 bridgehead atoms. The molecule has 1 aromatic carbocycles. The van der Waals surface area contributed by atoms with E-state index in [1.807, 2.05) is 6.07 Å². The molecule has 1 aromatic heterocycles. The number of benzene rings is 1. The molecule has 266 valence electrons. The van der Waals surface area contributed by atoms with E-state index in [0.29, 0.717) is 25.1 Å². The molecule has 3 aliphatic rings. The summed E-state index contributed by atoms with van der Waals surface area (Å²) in [6.07, 6.45) is 2.22. The quantitative estimate of drug-likeness (QED) is 0.224. The summed E-state index contributed by atoms with van der Waals surface area (Å²) in [5.74, 6) is -1.67. The summed E-state index contributed by atoms with van der Waals surface area (Å²) in [4.78, 5) is 69.8. The Kier molecular flexibility index (Phi) is 12.1. The maximum absolute atomic E-state index is 13.6. The molecule has 16 heteroatoms. The number of nitrogens with zero attached hydrogens (tertiary/aromatic N) is 5. The number of aromatic nitrogens is 2. The van der Waals surface area contributed by atoms with Crippen molar-refractivity contribution in [2.24, 2.45) is 0 Å². The summed E-state index contributed by atoms with van der Waals surface area (Å²) in [6, 6.07) is 8.57. The van der Waals surface area contributed by atoms with Crippen LogP contribution in [-0.2, 0) is 19.1 Å². The summed E-state index contributed by atoms with van der Waals surface area (Å²) in [5.41, 5.74) is 0.430. The van der Waals surface area contributed by atoms with Crippen LogP contribution in [0.5, 0.6) is 5.88 Å². The predicted molar refractivity (Wildman–Crippen MR) is 174 cm³/mol. The van der Waals surface area contributed by atoms with Gasteiger partial charge >= 0.3 is 6.09 Å². The molecule has 5 rings (SSSR count). The van der Waals surface area contributed by atoms with Gasteiger partial charge in [-0.1, -0.05) is 18.2 Å². The lowest BCUT2D eigenvalue weighted by Gasteiger charge is -2.36. The Labute approximate surface area is 284 Å². The van der Waals surface area contributed by atoms with Crippen LogP contribution in [0.3, 0.4) is 0 Å². The van der Waals surface area contributed by atoms with Gasteiger partial charge in [-0.3, -0.25) is 19.2 Å². The number of carbonyl (C=O) groups is 5. The third-order valence-electron chi connectivity index (χ3n) is 9.02. The Balaban J connectivity index is 1.28. The molecule has 5 amide bonds. The van der Waals surface area contributed by atoms with Gasteiger partial charge in [-0.2, -0.15) is 5.10 Å². The van der Waals surface area contributed by atoms with Crippen molar-refractivity contribution in [3.05, 3.63) is 42.1 Å². The highest BCUT2D eigenvalue weighted by molar-refractivity contribution is 5.96. The fraction of sp³-hybridized carbons (Fsp3) is 0.576. The number of nitrogens with one attached hydrogen (secondary N) is 2. The van der Waals surface area contributed by atoms with Crippen molar-refractivity contribution >= 4 is 29.7 Å². The number of amides is 5. The predicted octanol–water partition coefficient (Wildman–Crippen LogP) is 0.0532. The number of hydrogen-bond acceptors (Lipinski definition) is 10. The zero-order chi connectivity index (χ0) is 34.9. The van der Waals surface area contributed by atoms with Gasteiger partial charge in [0.1, 0.15) is 12.1 Å². The van der Waals surface area contributed by atoms with Crippen molar-refractivity contribution in [3.63, 3.8) is 0 Å². The first-order valence-electron chi connectivity index (χ1n) is 16.9. The number of rotatable bonds is 13. The van der Waals surface area contributed by atoms with Gasteiger partial charge in [-0.15, -0.1) is 0 Å². The molecule has 1 saturated carbocycles. The SMILES string of the molecule is CCOC(=O)N1CCN(C(=O)[C@H](CC(O)CO)NC(=O)c2cc(OCC(=O)N3CCC[C@H]3C(=O)NC3CCC3)n(-c3ccccc3)n2)CC1. The molecule has 16 nitrogen and oxygen atoms in total. The lowest BCUT2D eigenvalue weighted by molar-refractivity contribution is -0.140. The number of para-hydroxylation sites is 1. The van der Waals surface area contributed by atoms with Gasteiger partial charge in [0.25, 0.3) is 11.8 Å². The highest BCUT2D eigenvalue weighted by Gasteiger charge is 2.36. The van der Waals surface area contributed by atoms with Crippen LogP contribution in [0, 0.1) is 0 Å². The van der Waals surface area contributed by atoms with Crippen LogP contribution >= 0.6 is 0 Å². The molecule has 3 heterocycles. The molecule has 3 atom stereocenters. The van der Waals surface area contributed by atoms with Crippen molar-refractivity contribution in [3.8, 4) is 11.6 Å². The van der Waals surface area contributed by atoms with E-state index in [0.717, 1.165) is 19.3 Å². The Bertz CT molecular complexity index is 1470. The van der Waals surface area contributed by atoms with Gasteiger partial charge in [0.15, 0.2) is 12.3 Å². The van der Waals surface area contributed by atoms with E-state index < -0.39 is 49.3 Å². The molecule has 1 unspecified atom stereocenters. The first-order valence-corrected chi connectivity index (χ1v) is 16.9. The van der Waals surface area contributed by atoms with E-state index in [1.165, 1.54) is 25.4 Å². The van der Waals surface area contributed by atoms with Crippen LogP contribution in [0.4, 0.5) is 4.79 Å². The number of hydrogen-bond donors (Lipinski definition) is 4. The monoisotopic (exact) mass is 683 g/mol. The van der Waals surface area contributed by atoms with Crippen molar-refractivity contribution < 1.29 is 43.7 Å². The smallest absolute Gasteiger partial charge is 0.409 e. The molecule has 2 aromatic rings. The lowest BCUT2D eigenvalue weighted by Crippen LogP contribution is -2.56. The Morgan fingerprint density at radius 1 is 0.980 bits per heavy atom. The van der Waals surface area contributed by atoms with E-state index in [2.05, 4.69) is 15.7 Å². The maximum Gasteiger partial charge on any atom is 0.409 e. The van der Waals surface area contributed by atoms with Gasteiger partial charge in [0, 0.05) is 51.3 Å². The summed E-state index contributed by atoms with van der Waals surface area (Å²) in [5, 5.41) is 29.8. The van der Waals surface area contributed by atoms with Gasteiger partial charge in [-0.25, -0.2) is 9.48 Å². The van der Waals surface area contributed by atoms with E-state index in [9.17, 15) is 34.2 Å². The minimum Gasteiger partial charge on any atom is -0.467 e. The van der Waals surface area contributed by atoms with Crippen LogP contribution in [0.1, 0.15) is 55.9 Å². The lowest BCUT2D eigenvalue weighted by atomic mass is 9.93. The third kappa shape index (κ3) is 8.86. The highest BCUT2D eigenvalue weighted by Crippen LogP contribution is 2.24. The van der Waals surface area contributed by atoms with Crippen molar-refractivity contribution in [2.45, 2.75) is 69.7 Å². The summed E-state index contributed by atoms with van der Waals surface area (Å²) < 4.78 is 12.3. The molecule has 0 radical (unpaired) electrons. The zero-order valence-electron chi connectivity index (χ0n) is 27.7. The third-order valence-corrected chi connectivity index (χ3v) is 9.02. The second-order valence-corrected chi connectivity index (χ2v) is 12.4. The minimum atomic E-state index is -1.29. The Morgan fingerprint density at radius 2 is 1.69 bits per heavy atom. The molecular weight excluding hydrogens is 638 g/mol. The van der Waals surface area contributed by atoms with E-state index in [4.69, 9.17) is 9.47 Å². The normalized spacial score (nSPS) is 19.1. The van der Waals surface area contributed by atoms with Gasteiger partial charge in [0.05, 0.1) is 25.0 Å². The van der Waals surface area contributed by atoms with Gasteiger partial charge in [-0.05, 0) is 51.2 Å². The van der Waals surface area contributed by atoms with E-state index in [-0.39, 0.29) is 68.6 Å². The van der Waals surface area contributed by atoms with Crippen LogP contribution in [0.25, 0.3) is 5.69 Å². The molecular formula is C33H45N7O9. The van der Waals surface area contributed by atoms with E-state index >= 15 is 0 Å². The number of aliphatic hydroxyl groups excluding tert-OH is 2. The first kappa shape index (κ1) is 35.6. The summed E-state index contributed by atoms with van der Waals surface area (Å²) >= 11 is 0. The molecule has 49 heavy (non-hydrogen) atoms. The fourth-order valence-electron chi connectivity index (χ4n) is 6.08. The van der Waals surface area contributed by atoms with Crippen LogP contribution < -0.4 is 15.4 Å². The number of carbonyl (C=O) groups excluding carboxylic acids is 5. The zero-order valence-corrected chi connectivity index (χ0v) is 27.7. The van der Waals surface area contributed by atoms with Crippen molar-refractivity contribution in [2.75, 3.05) is 52.5 Å². The minimum absolute atomic E-state index is 0.0905. The second-order valence-electron chi connectivity index (χ2n) is 12.4. The Hall–Kier alpha value is -4.70. The number of piperazine rings is 1. The maximum atomic E-state index is 13.6. The highest BCUT2D eigenvalue weighted by atomic mass is 16.6. The van der Waals surface area contributed by atoms with Crippen LogP contribution in [0.15, 0.2) is 36.4 Å². The fourth-order valence-corrected chi connectivity index (χ4v) is 6.08. The van der Waals surface area contributed by atoms with Crippen LogP contribution in [0.2, 0.25) is 0 Å². The first-order chi connectivity index (χ1) is 23.7. The van der Waals surface area contributed by atoms with Crippen molar-refractivity contribution in [1.82, 2.24) is 35.1 Å². The average molecular weight is 684 g/mol. The number of aliphatic hydroxyl groups is 2. The largest absolute Gasteiger partial charge is 0.467 e. The Morgan fingerprint density at radius 3 is 2.35 bits per heavy atom. The molecule has 1 aliphatic carbocycles. The number of ether oxygens (including phenoxy) is 2. The molecule has 4 N–H and O–H groups in total. The second kappa shape index (κ2) is 16.6. The van der Waals surface area contributed by atoms with Crippen LogP contribution in [-0.4, -0.2) is 141 Å². The average Bonchev–Trinajstić information content (AvgIpc) is 3.77. The van der Waals surface area contributed by atoms with Gasteiger partial charge in [0.2, 0.25) is 17.7 Å². The van der Waals surface area contributed by atoms with Crippen molar-refractivity contribution in [1.29, 1.82) is 0 Å². The number of likely N-dealkylation sites (tertiary alicyclic amines) is 1. The topological polar surface area (TPSA) is 196 Å². The molecule has 2 aliphatic heterocycles. The molecule has 0 spiro atoms. The van der Waals surface area contributed by atoms with E-state index in [1.54, 1.807) is 31.2 Å². The molecule has 2 saturated heterocycles. The summed E-state index contributed by atoms with van der Waals surface area (Å²) in [6.45, 7) is 2.20. The summed E-state index contributed by atoms with van der Waals surface area (Å²) in [7, 11) is 0.